The fraction of sp³-hybridized carbons (Fsp3) is 0.889. The molecule has 0 saturated carbocycles. The summed E-state index contributed by atoms with van der Waals surface area (Å²) in [6.07, 6.45) is 3.83. The third-order valence-corrected chi connectivity index (χ3v) is 1.53. The minimum atomic E-state index is -4.04. The van der Waals surface area contributed by atoms with E-state index in [9.17, 15) is 4.79 Å². The van der Waals surface area contributed by atoms with Gasteiger partial charge in [0.2, 0.25) is 0 Å². The summed E-state index contributed by atoms with van der Waals surface area (Å²) in [7, 11) is -4.04. The molecule has 0 bridgehead atoms. The molecular formula is C9H20NNiO5S. The molecule has 0 aliphatic carbocycles. The zero-order chi connectivity index (χ0) is 13.7. The first kappa shape index (κ1) is 19.0. The van der Waals surface area contributed by atoms with E-state index in [0.717, 1.165) is 32.2 Å². The molecule has 0 spiro atoms. The molecule has 0 unspecified atom stereocenters. The summed E-state index contributed by atoms with van der Waals surface area (Å²) < 4.78 is 30.2. The van der Waals surface area contributed by atoms with Crippen LogP contribution in [0.5, 0.6) is 0 Å². The van der Waals surface area contributed by atoms with Crippen molar-refractivity contribution in [3.05, 3.63) is 0 Å². The zero-order valence-electron chi connectivity index (χ0n) is 10.0. The quantitative estimate of drug-likeness (QED) is 0.442. The first-order chi connectivity index (χ1) is 7.81. The molecule has 0 aromatic rings. The fourth-order valence-corrected chi connectivity index (χ4v) is 0.727. The number of carbonyl (C=O) groups excluding carboxylic acids is 1. The van der Waals surface area contributed by atoms with Crippen LogP contribution in [0.3, 0.4) is 0 Å². The SMILES string of the molecule is CCCCNC(=O)OCCCC.O=[S](=O)(O)[Ni]. The van der Waals surface area contributed by atoms with Crippen molar-refractivity contribution < 1.29 is 36.9 Å². The van der Waals surface area contributed by atoms with Gasteiger partial charge in [0, 0.05) is 6.54 Å². The van der Waals surface area contributed by atoms with Crippen LogP contribution in [0.25, 0.3) is 0 Å². The van der Waals surface area contributed by atoms with E-state index in [1.54, 1.807) is 0 Å². The average Bonchev–Trinajstić information content (AvgIpc) is 2.16. The molecule has 0 aromatic carbocycles. The van der Waals surface area contributed by atoms with Gasteiger partial charge in [-0.15, -0.1) is 0 Å². The second-order valence-corrected chi connectivity index (χ2v) is 5.44. The van der Waals surface area contributed by atoms with Gasteiger partial charge in [0.1, 0.15) is 0 Å². The van der Waals surface area contributed by atoms with E-state index < -0.39 is 8.64 Å². The number of nitrogens with one attached hydrogen (secondary N) is 1. The summed E-state index contributed by atoms with van der Waals surface area (Å²) in [5, 5.41) is 2.68. The molecule has 0 heterocycles. The Kier molecular flexibility index (Phi) is 13.6. The zero-order valence-corrected chi connectivity index (χ0v) is 11.9. The first-order valence-electron chi connectivity index (χ1n) is 5.36. The summed E-state index contributed by atoms with van der Waals surface area (Å²) in [6.45, 7) is 5.42. The predicted molar refractivity (Wildman–Crippen MR) is 60.7 cm³/mol. The van der Waals surface area contributed by atoms with Crippen LogP contribution in [0.15, 0.2) is 0 Å². The summed E-state index contributed by atoms with van der Waals surface area (Å²) in [4.78, 5) is 10.9. The molecular weight excluding hydrogens is 293 g/mol. The maximum absolute atomic E-state index is 10.9. The van der Waals surface area contributed by atoms with Gasteiger partial charge in [-0.25, -0.2) is 4.79 Å². The van der Waals surface area contributed by atoms with Crippen molar-refractivity contribution in [1.82, 2.24) is 5.32 Å². The van der Waals surface area contributed by atoms with Crippen molar-refractivity contribution in [3.63, 3.8) is 0 Å². The van der Waals surface area contributed by atoms with Gasteiger partial charge < -0.3 is 10.1 Å². The summed E-state index contributed by atoms with van der Waals surface area (Å²) in [5.74, 6) is 0. The molecule has 8 heteroatoms. The first-order valence-corrected chi connectivity index (χ1v) is 7.86. The standard InChI is InChI=1S/C9H19NO2.Ni.HO3S/c1-3-5-7-10-9(11)12-8-6-4-2;;1-4(2)3/h3-8H2,1-2H3,(H,10,11);;(H,1,2,3). The monoisotopic (exact) mass is 312 g/mol. The Hall–Kier alpha value is -0.326. The van der Waals surface area contributed by atoms with Gasteiger partial charge in [-0.1, -0.05) is 26.7 Å². The van der Waals surface area contributed by atoms with Crippen molar-refractivity contribution in [2.45, 2.75) is 39.5 Å². The van der Waals surface area contributed by atoms with Crippen molar-refractivity contribution in [3.8, 4) is 0 Å². The number of unbranched alkanes of at least 4 members (excludes halogenated alkanes) is 2. The second-order valence-electron chi connectivity index (χ2n) is 3.15. The third kappa shape index (κ3) is 31.3. The van der Waals surface area contributed by atoms with Crippen LogP contribution in [-0.4, -0.2) is 32.2 Å². The topological polar surface area (TPSA) is 92.7 Å². The van der Waals surface area contributed by atoms with Crippen LogP contribution in [-0.2, 0) is 27.7 Å². The Morgan fingerprint density at radius 3 is 2.18 bits per heavy atom. The third-order valence-electron chi connectivity index (χ3n) is 1.53. The van der Waals surface area contributed by atoms with E-state index in [4.69, 9.17) is 17.7 Å². The Morgan fingerprint density at radius 1 is 1.29 bits per heavy atom. The summed E-state index contributed by atoms with van der Waals surface area (Å²) >= 11 is 3.09. The van der Waals surface area contributed by atoms with Crippen LogP contribution in [0.1, 0.15) is 39.5 Å². The fourth-order valence-electron chi connectivity index (χ4n) is 0.727. The molecule has 0 rings (SSSR count). The van der Waals surface area contributed by atoms with E-state index in [1.807, 2.05) is 0 Å². The van der Waals surface area contributed by atoms with Crippen molar-refractivity contribution in [2.24, 2.45) is 0 Å². The van der Waals surface area contributed by atoms with Crippen LogP contribution in [0.4, 0.5) is 4.79 Å². The van der Waals surface area contributed by atoms with Gasteiger partial charge in [-0.05, 0) is 12.8 Å². The van der Waals surface area contributed by atoms with Gasteiger partial charge in [-0.2, -0.15) is 0 Å². The molecule has 0 saturated heterocycles. The van der Waals surface area contributed by atoms with Crippen molar-refractivity contribution >= 4 is 14.7 Å². The van der Waals surface area contributed by atoms with Crippen molar-refractivity contribution in [2.75, 3.05) is 13.2 Å². The molecule has 0 aliphatic heterocycles. The van der Waals surface area contributed by atoms with Crippen molar-refractivity contribution in [1.29, 1.82) is 0 Å². The van der Waals surface area contributed by atoms with Gasteiger partial charge in [0.15, 0.2) is 0 Å². The van der Waals surface area contributed by atoms with E-state index >= 15 is 0 Å². The Morgan fingerprint density at radius 2 is 1.76 bits per heavy atom. The Balaban J connectivity index is 0. The molecule has 2 N–H and O–H groups in total. The van der Waals surface area contributed by atoms with E-state index in [2.05, 4.69) is 33.5 Å². The summed E-state index contributed by atoms with van der Waals surface area (Å²) in [6, 6.07) is 0. The van der Waals surface area contributed by atoms with Gasteiger partial charge in [-0.3, -0.25) is 0 Å². The number of ether oxygens (including phenoxy) is 1. The van der Waals surface area contributed by atoms with E-state index in [0.29, 0.717) is 6.61 Å². The van der Waals surface area contributed by atoms with Crippen LogP contribution >= 0.6 is 0 Å². The normalized spacial score (nSPS) is 10.2. The molecule has 1 amide bonds. The minimum absolute atomic E-state index is 0.281. The number of carbonyl (C=O) groups is 1. The Bertz CT molecular complexity index is 261. The molecule has 17 heavy (non-hydrogen) atoms. The molecule has 0 atom stereocenters. The molecule has 0 radical (unpaired) electrons. The second kappa shape index (κ2) is 12.1. The van der Waals surface area contributed by atoms with Crippen LogP contribution in [0, 0.1) is 0 Å². The number of amides is 1. The van der Waals surface area contributed by atoms with Gasteiger partial charge in [0.05, 0.1) is 6.61 Å². The number of hydrogen-bond acceptors (Lipinski definition) is 4. The maximum atomic E-state index is 10.9. The van der Waals surface area contributed by atoms with Crippen LogP contribution < -0.4 is 5.32 Å². The predicted octanol–water partition coefficient (Wildman–Crippen LogP) is 1.65. The summed E-state index contributed by atoms with van der Waals surface area (Å²) in [5.41, 5.74) is 0. The molecule has 0 aliphatic rings. The molecule has 0 aromatic heterocycles. The average molecular weight is 313 g/mol. The number of hydrogen-bond donors (Lipinski definition) is 2. The molecule has 107 valence electrons. The van der Waals surface area contributed by atoms with Gasteiger partial charge >= 0.3 is 42.1 Å². The van der Waals surface area contributed by atoms with Crippen LogP contribution in [0.2, 0.25) is 0 Å². The van der Waals surface area contributed by atoms with Gasteiger partial charge in [0.25, 0.3) is 0 Å². The molecule has 6 nitrogen and oxygen atoms in total. The van der Waals surface area contributed by atoms with E-state index in [1.165, 1.54) is 0 Å². The van der Waals surface area contributed by atoms with E-state index in [-0.39, 0.29) is 6.09 Å². The number of rotatable bonds is 6. The Labute approximate surface area is 110 Å². The number of alkyl carbamates (subject to hydrolysis) is 1. The molecule has 0 fully saturated rings.